The first-order valence-electron chi connectivity index (χ1n) is 7.91. The quantitative estimate of drug-likeness (QED) is 0.808. The molecule has 0 radical (unpaired) electrons. The molecule has 126 valence electrons. The second kappa shape index (κ2) is 7.63. The van der Waals surface area contributed by atoms with Crippen molar-refractivity contribution in [2.75, 3.05) is 43.5 Å². The normalized spacial score (nSPS) is 14.4. The number of nitrogens with zero attached hydrogens (tertiary/aromatic N) is 4. The number of hydrogen-bond acceptors (Lipinski definition) is 6. The summed E-state index contributed by atoms with van der Waals surface area (Å²) in [6.45, 7) is 3.70. The van der Waals surface area contributed by atoms with Crippen LogP contribution < -0.4 is 15.0 Å². The van der Waals surface area contributed by atoms with Gasteiger partial charge in [-0.25, -0.2) is 9.97 Å². The van der Waals surface area contributed by atoms with Gasteiger partial charge >= 0.3 is 0 Å². The van der Waals surface area contributed by atoms with Gasteiger partial charge in [0.1, 0.15) is 23.7 Å². The van der Waals surface area contributed by atoms with Gasteiger partial charge in [0.05, 0.1) is 7.11 Å². The molecule has 0 atom stereocenters. The van der Waals surface area contributed by atoms with Gasteiger partial charge < -0.3 is 19.9 Å². The van der Waals surface area contributed by atoms with Gasteiger partial charge in [0, 0.05) is 38.8 Å². The maximum Gasteiger partial charge on any atom is 0.209 e. The average Bonchev–Trinajstić information content (AvgIpc) is 2.67. The minimum Gasteiger partial charge on any atom is -0.497 e. The second-order valence-electron chi connectivity index (χ2n) is 5.59. The number of carbonyl (C=O) groups is 1. The second-order valence-corrected chi connectivity index (χ2v) is 5.59. The van der Waals surface area contributed by atoms with Crippen LogP contribution in [0.2, 0.25) is 0 Å². The number of amides is 1. The molecule has 3 rings (SSSR count). The zero-order valence-corrected chi connectivity index (χ0v) is 13.7. The van der Waals surface area contributed by atoms with Crippen molar-refractivity contribution >= 4 is 18.0 Å². The topological polar surface area (TPSA) is 70.6 Å². The Morgan fingerprint density at radius 1 is 1.17 bits per heavy atom. The third-order valence-electron chi connectivity index (χ3n) is 4.07. The number of rotatable bonds is 6. The van der Waals surface area contributed by atoms with E-state index in [0.717, 1.165) is 55.5 Å². The Balaban J connectivity index is 1.59. The molecule has 2 heterocycles. The van der Waals surface area contributed by atoms with Crippen LogP contribution in [0.5, 0.6) is 5.75 Å². The van der Waals surface area contributed by atoms with Gasteiger partial charge in [0.15, 0.2) is 0 Å². The van der Waals surface area contributed by atoms with E-state index in [0.29, 0.717) is 6.54 Å². The van der Waals surface area contributed by atoms with Crippen LogP contribution in [0.3, 0.4) is 0 Å². The number of anilines is 2. The molecular weight excluding hydrogens is 306 g/mol. The van der Waals surface area contributed by atoms with E-state index in [-0.39, 0.29) is 0 Å². The minimum absolute atomic E-state index is 0.680. The van der Waals surface area contributed by atoms with E-state index < -0.39 is 0 Å². The van der Waals surface area contributed by atoms with Gasteiger partial charge in [-0.2, -0.15) is 0 Å². The van der Waals surface area contributed by atoms with E-state index in [1.54, 1.807) is 18.3 Å². The van der Waals surface area contributed by atoms with Crippen molar-refractivity contribution in [2.45, 2.75) is 6.54 Å². The first-order valence-corrected chi connectivity index (χ1v) is 7.91. The molecule has 2 aromatic rings. The molecule has 7 heteroatoms. The van der Waals surface area contributed by atoms with E-state index in [2.05, 4.69) is 20.2 Å². The smallest absolute Gasteiger partial charge is 0.209 e. The summed E-state index contributed by atoms with van der Waals surface area (Å²) in [5, 5.41) is 3.31. The summed E-state index contributed by atoms with van der Waals surface area (Å²) in [6.07, 6.45) is 2.47. The lowest BCUT2D eigenvalue weighted by molar-refractivity contribution is -0.118. The summed E-state index contributed by atoms with van der Waals surface area (Å²) in [4.78, 5) is 23.3. The van der Waals surface area contributed by atoms with Crippen LogP contribution in [0, 0.1) is 0 Å². The molecule has 1 aromatic heterocycles. The standard InChI is InChI=1S/C17H21N5O2/c1-24-15-4-2-14(3-5-15)11-18-16-10-17(20-12-19-16)22-8-6-21(13-23)7-9-22/h2-5,10,12-13H,6-9,11H2,1H3,(H,18,19,20). The van der Waals surface area contributed by atoms with E-state index in [9.17, 15) is 4.79 Å². The molecule has 0 saturated carbocycles. The molecule has 1 fully saturated rings. The summed E-state index contributed by atoms with van der Waals surface area (Å²) in [5.41, 5.74) is 1.15. The fourth-order valence-corrected chi connectivity index (χ4v) is 2.61. The summed E-state index contributed by atoms with van der Waals surface area (Å²) >= 11 is 0. The summed E-state index contributed by atoms with van der Waals surface area (Å²) in [7, 11) is 1.66. The molecule has 0 unspecified atom stereocenters. The highest BCUT2D eigenvalue weighted by atomic mass is 16.5. The number of methoxy groups -OCH3 is 1. The lowest BCUT2D eigenvalue weighted by Gasteiger charge is -2.33. The van der Waals surface area contributed by atoms with Gasteiger partial charge in [-0.05, 0) is 17.7 Å². The van der Waals surface area contributed by atoms with E-state index >= 15 is 0 Å². The van der Waals surface area contributed by atoms with Gasteiger partial charge in [0.2, 0.25) is 6.41 Å². The van der Waals surface area contributed by atoms with Gasteiger partial charge in [0.25, 0.3) is 0 Å². The Morgan fingerprint density at radius 2 is 1.92 bits per heavy atom. The molecule has 0 aliphatic carbocycles. The maximum absolute atomic E-state index is 10.8. The number of nitrogens with one attached hydrogen (secondary N) is 1. The van der Waals surface area contributed by atoms with Crippen LogP contribution >= 0.6 is 0 Å². The summed E-state index contributed by atoms with van der Waals surface area (Å²) in [5.74, 6) is 2.51. The lowest BCUT2D eigenvalue weighted by Crippen LogP contribution is -2.46. The molecule has 1 amide bonds. The van der Waals surface area contributed by atoms with Gasteiger partial charge in [-0.3, -0.25) is 4.79 Å². The largest absolute Gasteiger partial charge is 0.497 e. The molecular formula is C17H21N5O2. The molecule has 1 aliphatic heterocycles. The minimum atomic E-state index is 0.680. The molecule has 1 saturated heterocycles. The third kappa shape index (κ3) is 3.92. The van der Waals surface area contributed by atoms with Crippen molar-refractivity contribution in [3.8, 4) is 5.75 Å². The highest BCUT2D eigenvalue weighted by molar-refractivity contribution is 5.51. The summed E-state index contributed by atoms with van der Waals surface area (Å²) < 4.78 is 5.16. The fraction of sp³-hybridized carbons (Fsp3) is 0.353. The Bertz CT molecular complexity index is 669. The van der Waals surface area contributed by atoms with E-state index in [1.807, 2.05) is 30.3 Å². The average molecular weight is 327 g/mol. The van der Waals surface area contributed by atoms with Crippen molar-refractivity contribution in [3.63, 3.8) is 0 Å². The number of aromatic nitrogens is 2. The highest BCUT2D eigenvalue weighted by Gasteiger charge is 2.17. The number of benzene rings is 1. The highest BCUT2D eigenvalue weighted by Crippen LogP contribution is 2.17. The Hall–Kier alpha value is -2.83. The van der Waals surface area contributed by atoms with Crippen LogP contribution in [0.1, 0.15) is 5.56 Å². The Labute approximate surface area is 141 Å². The van der Waals surface area contributed by atoms with Crippen molar-refractivity contribution < 1.29 is 9.53 Å². The van der Waals surface area contributed by atoms with E-state index in [4.69, 9.17) is 4.74 Å². The van der Waals surface area contributed by atoms with Crippen molar-refractivity contribution in [3.05, 3.63) is 42.2 Å². The monoisotopic (exact) mass is 327 g/mol. The molecule has 1 N–H and O–H groups in total. The van der Waals surface area contributed by atoms with Crippen LogP contribution in [-0.4, -0.2) is 54.6 Å². The fourth-order valence-electron chi connectivity index (χ4n) is 2.61. The third-order valence-corrected chi connectivity index (χ3v) is 4.07. The molecule has 1 aromatic carbocycles. The number of piperazine rings is 1. The zero-order valence-electron chi connectivity index (χ0n) is 13.7. The first-order chi connectivity index (χ1) is 11.8. The van der Waals surface area contributed by atoms with E-state index in [1.165, 1.54) is 0 Å². The van der Waals surface area contributed by atoms with Gasteiger partial charge in [-0.15, -0.1) is 0 Å². The van der Waals surface area contributed by atoms with Gasteiger partial charge in [-0.1, -0.05) is 12.1 Å². The zero-order chi connectivity index (χ0) is 16.8. The maximum atomic E-state index is 10.8. The van der Waals surface area contributed by atoms with Crippen molar-refractivity contribution in [1.29, 1.82) is 0 Å². The SMILES string of the molecule is COc1ccc(CNc2cc(N3CCN(C=O)CC3)ncn2)cc1. The molecule has 24 heavy (non-hydrogen) atoms. The Kier molecular flexibility index (Phi) is 5.10. The van der Waals surface area contributed by atoms with Crippen molar-refractivity contribution in [2.24, 2.45) is 0 Å². The Morgan fingerprint density at radius 3 is 2.58 bits per heavy atom. The van der Waals surface area contributed by atoms with Crippen LogP contribution in [0.4, 0.5) is 11.6 Å². The first kappa shape index (κ1) is 16.0. The predicted molar refractivity (Wildman–Crippen MR) is 92.2 cm³/mol. The molecule has 0 bridgehead atoms. The van der Waals surface area contributed by atoms with Crippen molar-refractivity contribution in [1.82, 2.24) is 14.9 Å². The van der Waals surface area contributed by atoms with Crippen LogP contribution in [0.25, 0.3) is 0 Å². The lowest BCUT2D eigenvalue weighted by atomic mass is 10.2. The van der Waals surface area contributed by atoms with Crippen LogP contribution in [0.15, 0.2) is 36.7 Å². The number of hydrogen-bond donors (Lipinski definition) is 1. The number of ether oxygens (including phenoxy) is 1. The summed E-state index contributed by atoms with van der Waals surface area (Å²) in [6, 6.07) is 9.86. The predicted octanol–water partition coefficient (Wildman–Crippen LogP) is 1.38. The van der Waals surface area contributed by atoms with Crippen LogP contribution in [-0.2, 0) is 11.3 Å². The molecule has 0 spiro atoms. The molecule has 1 aliphatic rings. The number of carbonyl (C=O) groups excluding carboxylic acids is 1. The molecule has 7 nitrogen and oxygen atoms in total.